The van der Waals surface area contributed by atoms with Gasteiger partial charge in [-0.15, -0.1) is 0 Å². The standard InChI is InChI=1S/C6H4Br2ClNO2S/c7-3-1-5(9)6(2-4(3)8)13(10,11)12/h1-2H,(H2,10,11,12). The monoisotopic (exact) mass is 347 g/mol. The number of hydrogen-bond donors (Lipinski definition) is 1. The van der Waals surface area contributed by atoms with Crippen molar-refractivity contribution in [1.29, 1.82) is 0 Å². The summed E-state index contributed by atoms with van der Waals surface area (Å²) in [7, 11) is -3.76. The Kier molecular flexibility index (Phi) is 3.40. The number of sulfonamides is 1. The third-order valence-corrected chi connectivity index (χ3v) is 4.50. The molecule has 13 heavy (non-hydrogen) atoms. The molecule has 72 valence electrons. The molecule has 1 rings (SSSR count). The minimum Gasteiger partial charge on any atom is -0.225 e. The molecule has 1 aromatic rings. The van der Waals surface area contributed by atoms with Crippen molar-refractivity contribution >= 4 is 53.5 Å². The fourth-order valence-electron chi connectivity index (χ4n) is 0.722. The van der Waals surface area contributed by atoms with E-state index in [9.17, 15) is 8.42 Å². The van der Waals surface area contributed by atoms with Gasteiger partial charge in [0.25, 0.3) is 0 Å². The first-order chi connectivity index (χ1) is 5.82. The molecule has 0 atom stereocenters. The van der Waals surface area contributed by atoms with Gasteiger partial charge in [-0.1, -0.05) is 11.6 Å². The van der Waals surface area contributed by atoms with Gasteiger partial charge >= 0.3 is 0 Å². The maximum absolute atomic E-state index is 11.0. The van der Waals surface area contributed by atoms with Crippen molar-refractivity contribution in [2.75, 3.05) is 0 Å². The smallest absolute Gasteiger partial charge is 0.225 e. The number of hydrogen-bond acceptors (Lipinski definition) is 2. The fourth-order valence-corrected chi connectivity index (χ4v) is 2.79. The SMILES string of the molecule is NS(=O)(=O)c1cc(Br)c(Br)cc1Cl. The lowest BCUT2D eigenvalue weighted by atomic mass is 10.4. The van der Waals surface area contributed by atoms with E-state index in [0.29, 0.717) is 8.95 Å². The van der Waals surface area contributed by atoms with Crippen LogP contribution in [-0.2, 0) is 10.0 Å². The van der Waals surface area contributed by atoms with Gasteiger partial charge in [-0.05, 0) is 44.0 Å². The van der Waals surface area contributed by atoms with Crippen molar-refractivity contribution in [1.82, 2.24) is 0 Å². The highest BCUT2D eigenvalue weighted by molar-refractivity contribution is 9.13. The van der Waals surface area contributed by atoms with E-state index in [2.05, 4.69) is 31.9 Å². The van der Waals surface area contributed by atoms with Gasteiger partial charge in [0.05, 0.1) is 5.02 Å². The summed E-state index contributed by atoms with van der Waals surface area (Å²) in [4.78, 5) is -0.0933. The Labute approximate surface area is 97.6 Å². The molecule has 0 unspecified atom stereocenters. The van der Waals surface area contributed by atoms with Gasteiger partial charge in [-0.3, -0.25) is 0 Å². The highest BCUT2D eigenvalue weighted by atomic mass is 79.9. The first kappa shape index (κ1) is 11.5. The number of halogens is 3. The lowest BCUT2D eigenvalue weighted by molar-refractivity contribution is 0.598. The zero-order valence-electron chi connectivity index (χ0n) is 6.09. The van der Waals surface area contributed by atoms with Crippen LogP contribution in [0.3, 0.4) is 0 Å². The van der Waals surface area contributed by atoms with Crippen LogP contribution in [0.15, 0.2) is 26.0 Å². The molecule has 0 aliphatic rings. The molecular weight excluding hydrogens is 345 g/mol. The van der Waals surface area contributed by atoms with E-state index in [1.165, 1.54) is 12.1 Å². The maximum atomic E-state index is 11.0. The average Bonchev–Trinajstić information content (AvgIpc) is 1.94. The van der Waals surface area contributed by atoms with Gasteiger partial charge in [-0.25, -0.2) is 13.6 Å². The van der Waals surface area contributed by atoms with E-state index in [0.717, 1.165) is 0 Å². The van der Waals surface area contributed by atoms with Crippen LogP contribution in [0.4, 0.5) is 0 Å². The molecule has 0 saturated heterocycles. The van der Waals surface area contributed by atoms with E-state index >= 15 is 0 Å². The van der Waals surface area contributed by atoms with E-state index in [-0.39, 0.29) is 9.92 Å². The van der Waals surface area contributed by atoms with Crippen molar-refractivity contribution in [2.45, 2.75) is 4.90 Å². The summed E-state index contributed by atoms with van der Waals surface area (Å²) < 4.78 is 23.2. The summed E-state index contributed by atoms with van der Waals surface area (Å²) in [6.45, 7) is 0. The third-order valence-electron chi connectivity index (χ3n) is 1.28. The molecule has 0 aliphatic heterocycles. The van der Waals surface area contributed by atoms with Gasteiger partial charge in [0.1, 0.15) is 4.90 Å². The summed E-state index contributed by atoms with van der Waals surface area (Å²) >= 11 is 12.0. The summed E-state index contributed by atoms with van der Waals surface area (Å²) in [6.07, 6.45) is 0. The zero-order chi connectivity index (χ0) is 10.2. The Bertz CT molecular complexity index is 446. The molecule has 0 amide bonds. The molecule has 0 saturated carbocycles. The van der Waals surface area contributed by atoms with E-state index < -0.39 is 10.0 Å². The van der Waals surface area contributed by atoms with Gasteiger partial charge in [0.2, 0.25) is 10.0 Å². The molecule has 0 bridgehead atoms. The van der Waals surface area contributed by atoms with Crippen molar-refractivity contribution in [2.24, 2.45) is 5.14 Å². The molecule has 0 fully saturated rings. The van der Waals surface area contributed by atoms with Crippen LogP contribution in [-0.4, -0.2) is 8.42 Å². The lowest BCUT2D eigenvalue weighted by Crippen LogP contribution is -2.12. The minimum absolute atomic E-state index is 0.0933. The van der Waals surface area contributed by atoms with Gasteiger partial charge in [0.15, 0.2) is 0 Å². The molecule has 7 heteroatoms. The predicted octanol–water partition coefficient (Wildman–Crippen LogP) is 2.51. The van der Waals surface area contributed by atoms with Crippen LogP contribution >= 0.6 is 43.5 Å². The molecular formula is C6H4Br2ClNO2S. The summed E-state index contributed by atoms with van der Waals surface area (Å²) in [6, 6.07) is 2.81. The van der Waals surface area contributed by atoms with Crippen LogP contribution < -0.4 is 5.14 Å². The Balaban J connectivity index is 3.50. The average molecular weight is 349 g/mol. The third kappa shape index (κ3) is 2.66. The van der Waals surface area contributed by atoms with Gasteiger partial charge < -0.3 is 0 Å². The van der Waals surface area contributed by atoms with Crippen molar-refractivity contribution in [3.8, 4) is 0 Å². The molecule has 0 spiro atoms. The van der Waals surface area contributed by atoms with Crippen LogP contribution in [0.25, 0.3) is 0 Å². The lowest BCUT2D eigenvalue weighted by Gasteiger charge is -2.03. The number of benzene rings is 1. The van der Waals surface area contributed by atoms with Gasteiger partial charge in [-0.2, -0.15) is 0 Å². The Morgan fingerprint density at radius 3 is 2.15 bits per heavy atom. The maximum Gasteiger partial charge on any atom is 0.239 e. The Morgan fingerprint density at radius 1 is 1.23 bits per heavy atom. The van der Waals surface area contributed by atoms with Crippen LogP contribution in [0.5, 0.6) is 0 Å². The predicted molar refractivity (Wildman–Crippen MR) is 58.2 cm³/mol. The highest BCUT2D eigenvalue weighted by Gasteiger charge is 2.14. The fraction of sp³-hybridized carbons (Fsp3) is 0. The van der Waals surface area contributed by atoms with Crippen LogP contribution in [0, 0.1) is 0 Å². The summed E-state index contributed by atoms with van der Waals surface area (Å²) in [5, 5.41) is 5.02. The molecule has 0 aliphatic carbocycles. The van der Waals surface area contributed by atoms with Crippen molar-refractivity contribution in [3.05, 3.63) is 26.1 Å². The summed E-state index contributed by atoms with van der Waals surface area (Å²) in [5.74, 6) is 0. The largest absolute Gasteiger partial charge is 0.239 e. The Hall–Kier alpha value is 0.380. The first-order valence-corrected chi connectivity index (χ1v) is 6.51. The topological polar surface area (TPSA) is 60.2 Å². The van der Waals surface area contributed by atoms with Gasteiger partial charge in [0, 0.05) is 8.95 Å². The second-order valence-corrected chi connectivity index (χ2v) is 5.89. The number of primary sulfonamides is 1. The van der Waals surface area contributed by atoms with Crippen molar-refractivity contribution < 1.29 is 8.42 Å². The minimum atomic E-state index is -3.76. The molecule has 0 radical (unpaired) electrons. The zero-order valence-corrected chi connectivity index (χ0v) is 10.8. The van der Waals surface area contributed by atoms with E-state index in [1.54, 1.807) is 0 Å². The number of rotatable bonds is 1. The second kappa shape index (κ2) is 3.86. The highest BCUT2D eigenvalue weighted by Crippen LogP contribution is 2.31. The van der Waals surface area contributed by atoms with Crippen LogP contribution in [0.1, 0.15) is 0 Å². The normalized spacial score (nSPS) is 11.7. The second-order valence-electron chi connectivity index (χ2n) is 2.24. The van der Waals surface area contributed by atoms with Crippen LogP contribution in [0.2, 0.25) is 5.02 Å². The van der Waals surface area contributed by atoms with Crippen molar-refractivity contribution in [3.63, 3.8) is 0 Å². The molecule has 0 aromatic heterocycles. The molecule has 0 heterocycles. The van der Waals surface area contributed by atoms with E-state index in [1.807, 2.05) is 0 Å². The Morgan fingerprint density at radius 2 is 1.69 bits per heavy atom. The quantitative estimate of drug-likeness (QED) is 0.792. The first-order valence-electron chi connectivity index (χ1n) is 2.99. The summed E-state index contributed by atoms with van der Waals surface area (Å²) in [5.41, 5.74) is 0. The molecule has 3 nitrogen and oxygen atoms in total. The molecule has 2 N–H and O–H groups in total. The van der Waals surface area contributed by atoms with E-state index in [4.69, 9.17) is 16.7 Å². The number of nitrogens with two attached hydrogens (primary N) is 1. The molecule has 1 aromatic carbocycles.